The summed E-state index contributed by atoms with van der Waals surface area (Å²) in [5, 5.41) is 2.93. The molecule has 0 saturated carbocycles. The van der Waals surface area contributed by atoms with Gasteiger partial charge in [0.1, 0.15) is 5.82 Å². The Hall–Kier alpha value is -2.48. The van der Waals surface area contributed by atoms with Crippen molar-refractivity contribution in [2.24, 2.45) is 11.8 Å². The Kier molecular flexibility index (Phi) is 8.61. The zero-order chi connectivity index (χ0) is 23.1. The third-order valence-corrected chi connectivity index (χ3v) is 6.54. The van der Waals surface area contributed by atoms with Crippen LogP contribution in [0.25, 0.3) is 0 Å². The van der Waals surface area contributed by atoms with E-state index in [1.54, 1.807) is 24.0 Å². The number of ether oxygens (including phenoxy) is 1. The largest absolute Gasteiger partial charge is 0.466 e. The van der Waals surface area contributed by atoms with Crippen molar-refractivity contribution in [3.05, 3.63) is 35.6 Å². The normalized spacial score (nSPS) is 21.1. The number of carbonyl (C=O) groups is 3. The molecule has 176 valence electrons. The van der Waals surface area contributed by atoms with E-state index in [1.165, 1.54) is 12.1 Å². The summed E-state index contributed by atoms with van der Waals surface area (Å²) in [5.41, 5.74) is 0.860. The summed E-state index contributed by atoms with van der Waals surface area (Å²) in [6.45, 7) is 6.87. The van der Waals surface area contributed by atoms with Gasteiger partial charge in [0, 0.05) is 25.6 Å². The van der Waals surface area contributed by atoms with Crippen molar-refractivity contribution in [2.75, 3.05) is 32.8 Å². The van der Waals surface area contributed by atoms with E-state index >= 15 is 0 Å². The maximum absolute atomic E-state index is 13.0. The van der Waals surface area contributed by atoms with Gasteiger partial charge in [0.05, 0.1) is 18.6 Å². The average Bonchev–Trinajstić information content (AvgIpc) is 2.83. The van der Waals surface area contributed by atoms with Gasteiger partial charge in [-0.1, -0.05) is 12.1 Å². The molecule has 0 spiro atoms. The molecule has 2 unspecified atom stereocenters. The molecule has 0 radical (unpaired) electrons. The van der Waals surface area contributed by atoms with E-state index in [0.29, 0.717) is 52.2 Å². The van der Waals surface area contributed by atoms with Crippen molar-refractivity contribution in [3.8, 4) is 0 Å². The van der Waals surface area contributed by atoms with Gasteiger partial charge in [0.25, 0.3) is 0 Å². The quantitative estimate of drug-likeness (QED) is 0.649. The van der Waals surface area contributed by atoms with Gasteiger partial charge in [-0.05, 0) is 70.3 Å². The molecule has 1 aromatic rings. The van der Waals surface area contributed by atoms with Crippen molar-refractivity contribution in [3.63, 3.8) is 0 Å². The first-order chi connectivity index (χ1) is 15.4. The third-order valence-electron chi connectivity index (χ3n) is 6.54. The van der Waals surface area contributed by atoms with Crippen molar-refractivity contribution >= 4 is 17.8 Å². The van der Waals surface area contributed by atoms with Crippen molar-refractivity contribution in [1.29, 1.82) is 0 Å². The van der Waals surface area contributed by atoms with E-state index in [4.69, 9.17) is 4.74 Å². The number of nitrogens with zero attached hydrogens (tertiary/aromatic N) is 2. The van der Waals surface area contributed by atoms with E-state index < -0.39 is 0 Å². The van der Waals surface area contributed by atoms with Crippen LogP contribution in [0.1, 0.15) is 45.1 Å². The first-order valence-electron chi connectivity index (χ1n) is 11.6. The van der Waals surface area contributed by atoms with Gasteiger partial charge in [0.2, 0.25) is 11.8 Å². The van der Waals surface area contributed by atoms with E-state index in [0.717, 1.165) is 18.4 Å². The molecule has 2 fully saturated rings. The molecule has 2 amide bonds. The van der Waals surface area contributed by atoms with E-state index in [9.17, 15) is 18.8 Å². The number of hydrogen-bond donors (Lipinski definition) is 1. The summed E-state index contributed by atoms with van der Waals surface area (Å²) in [6, 6.07) is 5.82. The van der Waals surface area contributed by atoms with Crippen LogP contribution in [0.15, 0.2) is 24.3 Å². The zero-order valence-corrected chi connectivity index (χ0v) is 19.0. The Bertz CT molecular complexity index is 793. The fraction of sp³-hybridized carbons (Fsp3) is 0.625. The molecule has 0 aromatic heterocycles. The van der Waals surface area contributed by atoms with E-state index in [1.807, 2.05) is 6.92 Å². The molecule has 3 rings (SSSR count). The smallest absolute Gasteiger partial charge is 0.310 e. The van der Waals surface area contributed by atoms with Crippen LogP contribution in [0.2, 0.25) is 0 Å². The predicted octanol–water partition coefficient (Wildman–Crippen LogP) is 2.34. The number of piperidine rings is 2. The van der Waals surface area contributed by atoms with Crippen LogP contribution in [0.3, 0.4) is 0 Å². The van der Waals surface area contributed by atoms with Crippen LogP contribution in [-0.2, 0) is 25.7 Å². The Morgan fingerprint density at radius 1 is 1.09 bits per heavy atom. The molecule has 2 heterocycles. The Labute approximate surface area is 189 Å². The number of esters is 1. The number of carbonyl (C=O) groups excluding carboxylic acids is 3. The molecule has 32 heavy (non-hydrogen) atoms. The van der Waals surface area contributed by atoms with Crippen molar-refractivity contribution < 1.29 is 23.5 Å². The maximum Gasteiger partial charge on any atom is 0.310 e. The number of halogens is 1. The van der Waals surface area contributed by atoms with Gasteiger partial charge in [-0.15, -0.1) is 0 Å². The average molecular weight is 448 g/mol. The van der Waals surface area contributed by atoms with Gasteiger partial charge in [-0.2, -0.15) is 0 Å². The van der Waals surface area contributed by atoms with Crippen LogP contribution in [-0.4, -0.2) is 66.4 Å². The van der Waals surface area contributed by atoms with Crippen LogP contribution in [0.4, 0.5) is 4.39 Å². The minimum atomic E-state index is -0.294. The summed E-state index contributed by atoms with van der Waals surface area (Å²) in [4.78, 5) is 41.6. The van der Waals surface area contributed by atoms with Gasteiger partial charge < -0.3 is 15.0 Å². The number of nitrogens with one attached hydrogen (secondary N) is 1. The maximum atomic E-state index is 13.0. The Morgan fingerprint density at radius 3 is 2.44 bits per heavy atom. The third kappa shape index (κ3) is 6.28. The zero-order valence-electron chi connectivity index (χ0n) is 19.0. The fourth-order valence-electron chi connectivity index (χ4n) is 4.53. The summed E-state index contributed by atoms with van der Waals surface area (Å²) >= 11 is 0. The second-order valence-corrected chi connectivity index (χ2v) is 8.71. The van der Waals surface area contributed by atoms with Crippen molar-refractivity contribution in [1.82, 2.24) is 15.1 Å². The van der Waals surface area contributed by atoms with Gasteiger partial charge >= 0.3 is 5.97 Å². The minimum absolute atomic E-state index is 0.00117. The first-order valence-corrected chi connectivity index (χ1v) is 11.6. The highest BCUT2D eigenvalue weighted by atomic mass is 19.1. The second-order valence-electron chi connectivity index (χ2n) is 8.71. The number of rotatable bonds is 7. The molecule has 2 aliphatic rings. The lowest BCUT2D eigenvalue weighted by Gasteiger charge is -2.39. The SMILES string of the molecule is CCOC(=O)C1CCCN(C(=O)C(C)N2CCC(C(=O)NCc3ccc(F)cc3)CC2)C1. The number of benzene rings is 1. The topological polar surface area (TPSA) is 79.0 Å². The summed E-state index contributed by atoms with van der Waals surface area (Å²) in [7, 11) is 0. The highest BCUT2D eigenvalue weighted by Gasteiger charge is 2.35. The molecular weight excluding hydrogens is 413 g/mol. The van der Waals surface area contributed by atoms with Gasteiger partial charge in [-0.3, -0.25) is 19.3 Å². The van der Waals surface area contributed by atoms with E-state index in [-0.39, 0.29) is 41.5 Å². The number of likely N-dealkylation sites (tertiary alicyclic amines) is 2. The van der Waals surface area contributed by atoms with Gasteiger partial charge in [-0.25, -0.2) is 4.39 Å². The monoisotopic (exact) mass is 447 g/mol. The number of amides is 2. The molecule has 1 N–H and O–H groups in total. The van der Waals surface area contributed by atoms with Crippen LogP contribution < -0.4 is 5.32 Å². The summed E-state index contributed by atoms with van der Waals surface area (Å²) in [5.74, 6) is -0.797. The van der Waals surface area contributed by atoms with Gasteiger partial charge in [0.15, 0.2) is 0 Å². The molecule has 0 aliphatic carbocycles. The highest BCUT2D eigenvalue weighted by molar-refractivity contribution is 5.83. The Morgan fingerprint density at radius 2 is 1.78 bits per heavy atom. The second kappa shape index (κ2) is 11.4. The first kappa shape index (κ1) is 24.2. The van der Waals surface area contributed by atoms with E-state index in [2.05, 4.69) is 10.2 Å². The molecular formula is C24H34FN3O4. The van der Waals surface area contributed by atoms with Crippen molar-refractivity contribution in [2.45, 2.75) is 52.1 Å². The van der Waals surface area contributed by atoms with Crippen LogP contribution in [0, 0.1) is 17.7 Å². The Balaban J connectivity index is 1.44. The van der Waals surface area contributed by atoms with Crippen LogP contribution >= 0.6 is 0 Å². The highest BCUT2D eigenvalue weighted by Crippen LogP contribution is 2.23. The summed E-state index contributed by atoms with van der Waals surface area (Å²) in [6.07, 6.45) is 2.95. The lowest BCUT2D eigenvalue weighted by atomic mass is 9.94. The number of hydrogen-bond acceptors (Lipinski definition) is 5. The molecule has 1 aromatic carbocycles. The lowest BCUT2D eigenvalue weighted by molar-refractivity contribution is -0.152. The lowest BCUT2D eigenvalue weighted by Crippen LogP contribution is -2.53. The standard InChI is InChI=1S/C24H34FN3O4/c1-3-32-24(31)20-5-4-12-28(16-20)23(30)17(2)27-13-10-19(11-14-27)22(29)26-15-18-6-8-21(25)9-7-18/h6-9,17,19-20H,3-5,10-16H2,1-2H3,(H,26,29). The molecule has 2 atom stereocenters. The molecule has 2 saturated heterocycles. The minimum Gasteiger partial charge on any atom is -0.466 e. The van der Waals surface area contributed by atoms with Crippen LogP contribution in [0.5, 0.6) is 0 Å². The molecule has 2 aliphatic heterocycles. The molecule has 0 bridgehead atoms. The predicted molar refractivity (Wildman–Crippen MR) is 118 cm³/mol. The summed E-state index contributed by atoms with van der Waals surface area (Å²) < 4.78 is 18.1. The molecule has 7 nitrogen and oxygen atoms in total. The fourth-order valence-corrected chi connectivity index (χ4v) is 4.53. The molecule has 8 heteroatoms.